The monoisotopic (exact) mass is 233 g/mol. The van der Waals surface area contributed by atoms with Crippen LogP contribution in [0.1, 0.15) is 18.3 Å². The molecule has 3 nitrogen and oxygen atoms in total. The van der Waals surface area contributed by atoms with Gasteiger partial charge < -0.3 is 5.73 Å². The summed E-state index contributed by atoms with van der Waals surface area (Å²) in [5.74, 6) is 0.864. The second-order valence-corrected chi connectivity index (χ2v) is 4.21. The van der Waals surface area contributed by atoms with Gasteiger partial charge >= 0.3 is 0 Å². The number of aryl methyl sites for hydroxylation is 2. The molecule has 5 heteroatoms. The summed E-state index contributed by atoms with van der Waals surface area (Å²) in [6.45, 7) is 5.94. The van der Waals surface area contributed by atoms with Crippen LogP contribution < -0.4 is 5.73 Å². The van der Waals surface area contributed by atoms with E-state index in [1.54, 1.807) is 11.8 Å². The van der Waals surface area contributed by atoms with Gasteiger partial charge in [-0.25, -0.2) is 9.97 Å². The minimum absolute atomic E-state index is 0. The lowest BCUT2D eigenvalue weighted by Crippen LogP contribution is -2.17. The number of thioether (sulfide) groups is 1. The number of nitrogens with zero attached hydrogens (tertiary/aromatic N) is 2. The van der Waals surface area contributed by atoms with Crippen LogP contribution in [-0.4, -0.2) is 21.8 Å². The van der Waals surface area contributed by atoms with E-state index in [9.17, 15) is 0 Å². The number of hydrogen-bond donors (Lipinski definition) is 1. The number of halogens is 1. The lowest BCUT2D eigenvalue weighted by Gasteiger charge is -2.04. The molecule has 80 valence electrons. The molecule has 1 aromatic rings. The molecule has 0 saturated carbocycles. The van der Waals surface area contributed by atoms with Crippen molar-refractivity contribution in [1.82, 2.24) is 9.97 Å². The summed E-state index contributed by atoms with van der Waals surface area (Å²) < 4.78 is 0. The first-order valence-electron chi connectivity index (χ1n) is 4.28. The van der Waals surface area contributed by atoms with Gasteiger partial charge in [0.05, 0.1) is 0 Å². The Balaban J connectivity index is 0.00000169. The van der Waals surface area contributed by atoms with E-state index >= 15 is 0 Å². The molecule has 0 aromatic carbocycles. The van der Waals surface area contributed by atoms with E-state index in [2.05, 4.69) is 9.97 Å². The topological polar surface area (TPSA) is 51.8 Å². The lowest BCUT2D eigenvalue weighted by molar-refractivity contribution is 0.837. The standard InChI is InChI=1S/C9H15N3S.ClH/c1-6(10)5-13-9-11-7(2)4-8(3)12-9;/h4,6H,5,10H2,1-3H3;1H. The maximum atomic E-state index is 5.64. The molecule has 0 aliphatic carbocycles. The second-order valence-electron chi connectivity index (χ2n) is 3.22. The van der Waals surface area contributed by atoms with Crippen LogP contribution in [0.2, 0.25) is 0 Å². The zero-order valence-electron chi connectivity index (χ0n) is 8.65. The zero-order valence-corrected chi connectivity index (χ0v) is 10.3. The van der Waals surface area contributed by atoms with Crippen LogP contribution >= 0.6 is 24.2 Å². The highest BCUT2D eigenvalue weighted by atomic mass is 35.5. The van der Waals surface area contributed by atoms with Crippen molar-refractivity contribution < 1.29 is 0 Å². The van der Waals surface area contributed by atoms with Gasteiger partial charge in [-0.15, -0.1) is 12.4 Å². The van der Waals surface area contributed by atoms with Crippen molar-refractivity contribution in [2.45, 2.75) is 32.0 Å². The van der Waals surface area contributed by atoms with Gasteiger partial charge in [0, 0.05) is 23.2 Å². The Bertz CT molecular complexity index is 271. The quantitative estimate of drug-likeness (QED) is 0.641. The Morgan fingerprint density at radius 2 is 1.86 bits per heavy atom. The van der Waals surface area contributed by atoms with Gasteiger partial charge in [0.1, 0.15) is 0 Å². The van der Waals surface area contributed by atoms with E-state index < -0.39 is 0 Å². The molecule has 1 atom stereocenters. The minimum atomic E-state index is 0. The molecule has 1 aromatic heterocycles. The van der Waals surface area contributed by atoms with Crippen LogP contribution in [0, 0.1) is 13.8 Å². The second kappa shape index (κ2) is 6.22. The highest BCUT2D eigenvalue weighted by Crippen LogP contribution is 2.14. The fourth-order valence-electron chi connectivity index (χ4n) is 0.964. The van der Waals surface area contributed by atoms with E-state index in [1.807, 2.05) is 26.8 Å². The van der Waals surface area contributed by atoms with Gasteiger partial charge in [0.25, 0.3) is 0 Å². The molecule has 0 spiro atoms. The van der Waals surface area contributed by atoms with Crippen molar-refractivity contribution in [3.63, 3.8) is 0 Å². The first-order chi connectivity index (χ1) is 6.08. The van der Waals surface area contributed by atoms with Gasteiger partial charge in [-0.1, -0.05) is 11.8 Å². The van der Waals surface area contributed by atoms with Gasteiger partial charge in [0.15, 0.2) is 5.16 Å². The van der Waals surface area contributed by atoms with Crippen LogP contribution in [0.3, 0.4) is 0 Å². The summed E-state index contributed by atoms with van der Waals surface area (Å²) in [5, 5.41) is 0.829. The molecule has 2 N–H and O–H groups in total. The van der Waals surface area contributed by atoms with Crippen molar-refractivity contribution in [3.05, 3.63) is 17.5 Å². The van der Waals surface area contributed by atoms with Crippen molar-refractivity contribution in [2.24, 2.45) is 5.73 Å². The summed E-state index contributed by atoms with van der Waals surface area (Å²) in [4.78, 5) is 8.60. The summed E-state index contributed by atoms with van der Waals surface area (Å²) >= 11 is 1.61. The van der Waals surface area contributed by atoms with Gasteiger partial charge in [0.2, 0.25) is 0 Å². The van der Waals surface area contributed by atoms with Gasteiger partial charge in [-0.05, 0) is 26.8 Å². The van der Waals surface area contributed by atoms with Crippen LogP contribution in [0.5, 0.6) is 0 Å². The average Bonchev–Trinajstić information content (AvgIpc) is 1.99. The van der Waals surface area contributed by atoms with E-state index in [1.165, 1.54) is 0 Å². The Morgan fingerprint density at radius 1 is 1.36 bits per heavy atom. The molecule has 0 saturated heterocycles. The number of nitrogens with two attached hydrogens (primary N) is 1. The fraction of sp³-hybridized carbons (Fsp3) is 0.556. The molecule has 0 amide bonds. The first kappa shape index (κ1) is 13.7. The van der Waals surface area contributed by atoms with Crippen LogP contribution in [0.25, 0.3) is 0 Å². The first-order valence-corrected chi connectivity index (χ1v) is 5.27. The van der Waals surface area contributed by atoms with E-state index in [0.717, 1.165) is 22.3 Å². The molecule has 0 bridgehead atoms. The normalized spacial score (nSPS) is 12.0. The number of aromatic nitrogens is 2. The van der Waals surface area contributed by atoms with E-state index in [0.29, 0.717) is 0 Å². The third-order valence-corrected chi connectivity index (χ3v) is 2.57. The van der Waals surface area contributed by atoms with E-state index in [-0.39, 0.29) is 18.4 Å². The smallest absolute Gasteiger partial charge is 0.188 e. The highest BCUT2D eigenvalue weighted by Gasteiger charge is 2.01. The fourth-order valence-corrected chi connectivity index (χ4v) is 1.79. The third-order valence-electron chi connectivity index (χ3n) is 1.44. The molecule has 0 fully saturated rings. The summed E-state index contributed by atoms with van der Waals surface area (Å²) in [6.07, 6.45) is 0. The predicted octanol–water partition coefficient (Wildman–Crippen LogP) is 1.95. The Hall–Kier alpha value is -0.320. The molecular weight excluding hydrogens is 218 g/mol. The van der Waals surface area contributed by atoms with Crippen LogP contribution in [0.15, 0.2) is 11.2 Å². The van der Waals surface area contributed by atoms with Crippen molar-refractivity contribution in [1.29, 1.82) is 0 Å². The molecule has 14 heavy (non-hydrogen) atoms. The zero-order chi connectivity index (χ0) is 9.84. The van der Waals surface area contributed by atoms with Gasteiger partial charge in [-0.3, -0.25) is 0 Å². The molecule has 1 rings (SSSR count). The molecule has 0 aliphatic heterocycles. The number of rotatable bonds is 3. The van der Waals surface area contributed by atoms with Crippen molar-refractivity contribution in [2.75, 3.05) is 5.75 Å². The Kier molecular flexibility index (Phi) is 6.08. The lowest BCUT2D eigenvalue weighted by atomic mass is 10.4. The molecular formula is C9H16ClN3S. The Labute approximate surface area is 95.3 Å². The molecule has 0 aliphatic rings. The SMILES string of the molecule is Cc1cc(C)nc(SCC(C)N)n1.Cl. The maximum absolute atomic E-state index is 5.64. The van der Waals surface area contributed by atoms with Crippen molar-refractivity contribution in [3.8, 4) is 0 Å². The third kappa shape index (κ3) is 4.79. The molecule has 1 unspecified atom stereocenters. The molecule has 1 heterocycles. The summed E-state index contributed by atoms with van der Waals surface area (Å²) in [6, 6.07) is 2.16. The average molecular weight is 234 g/mol. The van der Waals surface area contributed by atoms with Gasteiger partial charge in [-0.2, -0.15) is 0 Å². The van der Waals surface area contributed by atoms with Crippen LogP contribution in [0.4, 0.5) is 0 Å². The van der Waals surface area contributed by atoms with E-state index in [4.69, 9.17) is 5.73 Å². The highest BCUT2D eigenvalue weighted by molar-refractivity contribution is 7.99. The minimum Gasteiger partial charge on any atom is -0.327 e. The largest absolute Gasteiger partial charge is 0.327 e. The predicted molar refractivity (Wildman–Crippen MR) is 63.1 cm³/mol. The van der Waals surface area contributed by atoms with Crippen molar-refractivity contribution >= 4 is 24.2 Å². The maximum Gasteiger partial charge on any atom is 0.188 e. The summed E-state index contributed by atoms with van der Waals surface area (Å²) in [7, 11) is 0. The Morgan fingerprint density at radius 3 is 2.29 bits per heavy atom. The summed E-state index contributed by atoms with van der Waals surface area (Å²) in [5.41, 5.74) is 7.67. The van der Waals surface area contributed by atoms with Crippen LogP contribution in [-0.2, 0) is 0 Å². The molecule has 0 radical (unpaired) electrons. The number of hydrogen-bond acceptors (Lipinski definition) is 4.